The molecule has 0 heterocycles. The maximum absolute atomic E-state index is 14.0. The van der Waals surface area contributed by atoms with Gasteiger partial charge in [0.05, 0.1) is 23.9 Å². The van der Waals surface area contributed by atoms with Crippen molar-refractivity contribution >= 4 is 27.6 Å². The summed E-state index contributed by atoms with van der Waals surface area (Å²) < 4.78 is 51.7. The van der Waals surface area contributed by atoms with Crippen molar-refractivity contribution in [3.8, 4) is 0 Å². The van der Waals surface area contributed by atoms with Gasteiger partial charge >= 0.3 is 0 Å². The van der Waals surface area contributed by atoms with Crippen LogP contribution >= 0.6 is 0 Å². The smallest absolute Gasteiger partial charge is 0.253 e. The lowest BCUT2D eigenvalue weighted by atomic mass is 9.99. The molecule has 0 bridgehead atoms. The molecule has 3 amide bonds. The fourth-order valence-electron chi connectivity index (χ4n) is 5.04. The molecular weight excluding hydrogens is 618 g/mol. The number of hydrogen-bond acceptors (Lipinski definition) is 7. The molecule has 10 nitrogen and oxygen atoms in total. The number of sulfone groups is 1. The second-order valence-electron chi connectivity index (χ2n) is 12.1. The van der Waals surface area contributed by atoms with E-state index < -0.39 is 51.5 Å². The summed E-state index contributed by atoms with van der Waals surface area (Å²) in [7, 11) is -3.39. The zero-order valence-electron chi connectivity index (χ0n) is 27.5. The number of carbonyl (C=O) groups excluding carboxylic acids is 3. The third-order valence-corrected chi connectivity index (χ3v) is 8.10. The van der Waals surface area contributed by atoms with E-state index in [0.29, 0.717) is 30.3 Å². The summed E-state index contributed by atoms with van der Waals surface area (Å²) in [6.07, 6.45) is 0.981. The first-order valence-electron chi connectivity index (χ1n) is 15.6. The second kappa shape index (κ2) is 18.1. The molecule has 4 N–H and O–H groups in total. The van der Waals surface area contributed by atoms with Gasteiger partial charge in [0.2, 0.25) is 5.91 Å². The second-order valence-corrected chi connectivity index (χ2v) is 14.3. The Balaban J connectivity index is 2.37. The average Bonchev–Trinajstić information content (AvgIpc) is 2.94. The molecule has 3 atom stereocenters. The first-order chi connectivity index (χ1) is 21.5. The number of benzene rings is 2. The van der Waals surface area contributed by atoms with Gasteiger partial charge < -0.3 is 26.0 Å². The molecule has 0 aliphatic carbocycles. The van der Waals surface area contributed by atoms with Crippen molar-refractivity contribution in [2.24, 2.45) is 0 Å². The summed E-state index contributed by atoms with van der Waals surface area (Å²) >= 11 is 0. The number of nitrogens with one attached hydrogen (secondary N) is 3. The van der Waals surface area contributed by atoms with E-state index in [9.17, 15) is 36.7 Å². The Morgan fingerprint density at radius 2 is 1.50 bits per heavy atom. The zero-order chi connectivity index (χ0) is 34.6. The van der Waals surface area contributed by atoms with Gasteiger partial charge in [-0.05, 0) is 87.9 Å². The first-order valence-corrected chi connectivity index (χ1v) is 17.6. The van der Waals surface area contributed by atoms with E-state index >= 15 is 0 Å². The average molecular weight is 667 g/mol. The SMILES string of the molecule is CCCN(CCC)C(=O)c1cc(C)cc(C(=O)N[C@@H](Cc2cc(F)cc(F)c2)[C@H](O)CN[C@@H](CCS(C)(=O)=O)C(=O)NC(C)C)c1. The van der Waals surface area contributed by atoms with Gasteiger partial charge in [-0.3, -0.25) is 14.4 Å². The van der Waals surface area contributed by atoms with Crippen LogP contribution in [0.15, 0.2) is 36.4 Å². The quantitative estimate of drug-likeness (QED) is 0.191. The molecule has 2 rings (SSSR count). The molecular formula is C33H48F2N4O6S. The molecule has 0 saturated heterocycles. The van der Waals surface area contributed by atoms with Crippen LogP contribution in [0, 0.1) is 18.6 Å². The molecule has 0 aromatic heterocycles. The highest BCUT2D eigenvalue weighted by atomic mass is 32.2. The summed E-state index contributed by atoms with van der Waals surface area (Å²) in [5.41, 5.74) is 1.33. The number of rotatable bonds is 18. The van der Waals surface area contributed by atoms with E-state index in [4.69, 9.17) is 0 Å². The Morgan fingerprint density at radius 3 is 2.04 bits per heavy atom. The Labute approximate surface area is 271 Å². The zero-order valence-corrected chi connectivity index (χ0v) is 28.3. The Morgan fingerprint density at radius 1 is 0.913 bits per heavy atom. The number of hydrogen-bond donors (Lipinski definition) is 4. The summed E-state index contributed by atoms with van der Waals surface area (Å²) in [5, 5.41) is 19.6. The van der Waals surface area contributed by atoms with Crippen molar-refractivity contribution in [1.82, 2.24) is 20.9 Å². The van der Waals surface area contributed by atoms with Gasteiger partial charge in [-0.2, -0.15) is 0 Å². The number of halogens is 2. The summed E-state index contributed by atoms with van der Waals surface area (Å²) in [6, 6.07) is 5.36. The molecule has 2 aromatic rings. The van der Waals surface area contributed by atoms with Crippen molar-refractivity contribution in [3.05, 3.63) is 70.3 Å². The van der Waals surface area contributed by atoms with Crippen LogP contribution in [-0.2, 0) is 21.1 Å². The molecule has 0 aliphatic heterocycles. The van der Waals surface area contributed by atoms with Crippen LogP contribution in [0.5, 0.6) is 0 Å². The lowest BCUT2D eigenvalue weighted by Crippen LogP contribution is -2.53. The number of aliphatic hydroxyl groups excluding tert-OH is 1. The lowest BCUT2D eigenvalue weighted by molar-refractivity contribution is -0.123. The fourth-order valence-corrected chi connectivity index (χ4v) is 5.70. The van der Waals surface area contributed by atoms with E-state index in [1.165, 1.54) is 6.07 Å². The Hall–Kier alpha value is -3.42. The molecule has 0 spiro atoms. The van der Waals surface area contributed by atoms with Crippen LogP contribution in [0.1, 0.15) is 78.8 Å². The van der Waals surface area contributed by atoms with E-state index in [-0.39, 0.29) is 48.2 Å². The van der Waals surface area contributed by atoms with Gasteiger partial charge in [0.25, 0.3) is 11.8 Å². The molecule has 0 aliphatic rings. The molecule has 46 heavy (non-hydrogen) atoms. The van der Waals surface area contributed by atoms with Crippen LogP contribution in [-0.4, -0.2) is 92.0 Å². The molecule has 0 fully saturated rings. The molecule has 256 valence electrons. The first kappa shape index (κ1) is 38.8. The minimum absolute atomic E-state index is 0.0661. The summed E-state index contributed by atoms with van der Waals surface area (Å²) in [5.74, 6) is -3.23. The maximum Gasteiger partial charge on any atom is 0.253 e. The van der Waals surface area contributed by atoms with Crippen LogP contribution in [0.25, 0.3) is 0 Å². The predicted molar refractivity (Wildman–Crippen MR) is 174 cm³/mol. The Kier molecular flexibility index (Phi) is 15.2. The van der Waals surface area contributed by atoms with Gasteiger partial charge in [-0.15, -0.1) is 0 Å². The normalized spacial score (nSPS) is 13.6. The molecule has 2 aromatic carbocycles. The highest BCUT2D eigenvalue weighted by molar-refractivity contribution is 7.90. The van der Waals surface area contributed by atoms with Crippen molar-refractivity contribution in [1.29, 1.82) is 0 Å². The van der Waals surface area contributed by atoms with Crippen LogP contribution in [0.3, 0.4) is 0 Å². The minimum Gasteiger partial charge on any atom is -0.390 e. The summed E-state index contributed by atoms with van der Waals surface area (Å²) in [4.78, 5) is 41.4. The topological polar surface area (TPSA) is 145 Å². The van der Waals surface area contributed by atoms with Gasteiger partial charge in [-0.1, -0.05) is 13.8 Å². The standard InChI is InChI=1S/C33H48F2N4O6S/c1-7-10-39(11-8-2)33(43)25-14-22(5)13-24(18-25)31(41)38-29(17-23-15-26(34)19-27(35)16-23)30(40)20-36-28(9-12-46(6,44)45)32(42)37-21(3)4/h13-16,18-19,21,28-30,36,40H,7-12,17,20H2,1-6H3,(H,37,42)(H,38,41)/t28-,29-,30+/m0/s1. The van der Waals surface area contributed by atoms with E-state index in [1.807, 2.05) is 13.8 Å². The van der Waals surface area contributed by atoms with Crippen LogP contribution in [0.2, 0.25) is 0 Å². The molecule has 13 heteroatoms. The van der Waals surface area contributed by atoms with Crippen LogP contribution in [0.4, 0.5) is 8.78 Å². The van der Waals surface area contributed by atoms with Crippen LogP contribution < -0.4 is 16.0 Å². The third-order valence-electron chi connectivity index (χ3n) is 7.12. The Bertz CT molecular complexity index is 1430. The monoisotopic (exact) mass is 666 g/mol. The third kappa shape index (κ3) is 13.1. The highest BCUT2D eigenvalue weighted by Crippen LogP contribution is 2.16. The van der Waals surface area contributed by atoms with E-state index in [0.717, 1.165) is 31.2 Å². The number of amides is 3. The maximum atomic E-state index is 14.0. The molecule has 0 saturated carbocycles. The van der Waals surface area contributed by atoms with Gasteiger partial charge in [0.1, 0.15) is 21.5 Å². The fraction of sp³-hybridized carbons (Fsp3) is 0.545. The van der Waals surface area contributed by atoms with Gasteiger partial charge in [0.15, 0.2) is 0 Å². The minimum atomic E-state index is -3.39. The van der Waals surface area contributed by atoms with Gasteiger partial charge in [0, 0.05) is 49.1 Å². The number of aryl methyl sites for hydroxylation is 1. The number of aliphatic hydroxyl groups is 1. The van der Waals surface area contributed by atoms with E-state index in [1.54, 1.807) is 37.8 Å². The number of carbonyl (C=O) groups is 3. The largest absolute Gasteiger partial charge is 0.390 e. The van der Waals surface area contributed by atoms with Crippen molar-refractivity contribution < 1.29 is 36.7 Å². The highest BCUT2D eigenvalue weighted by Gasteiger charge is 2.27. The molecule has 0 unspecified atom stereocenters. The van der Waals surface area contributed by atoms with Crippen molar-refractivity contribution in [3.63, 3.8) is 0 Å². The summed E-state index contributed by atoms with van der Waals surface area (Å²) in [6.45, 7) is 10.1. The van der Waals surface area contributed by atoms with Crippen molar-refractivity contribution in [2.75, 3.05) is 31.6 Å². The van der Waals surface area contributed by atoms with Crippen molar-refractivity contribution in [2.45, 2.75) is 84.5 Å². The molecule has 0 radical (unpaired) electrons. The van der Waals surface area contributed by atoms with Gasteiger partial charge in [-0.25, -0.2) is 17.2 Å². The van der Waals surface area contributed by atoms with E-state index in [2.05, 4.69) is 16.0 Å². The lowest BCUT2D eigenvalue weighted by Gasteiger charge is -2.27. The predicted octanol–water partition coefficient (Wildman–Crippen LogP) is 3.15. The number of nitrogens with zero attached hydrogens (tertiary/aromatic N) is 1.